The molecule has 1 saturated heterocycles. The fourth-order valence-corrected chi connectivity index (χ4v) is 5.50. The topological polar surface area (TPSA) is 145 Å². The van der Waals surface area contributed by atoms with E-state index < -0.39 is 53.0 Å². The van der Waals surface area contributed by atoms with E-state index in [1.165, 1.54) is 4.90 Å². The van der Waals surface area contributed by atoms with E-state index in [1.54, 1.807) is 20.8 Å². The number of aliphatic carboxylic acids is 1. The van der Waals surface area contributed by atoms with Crippen LogP contribution in [0.15, 0.2) is 0 Å². The number of carbonyl (C=O) groups is 4. The molecule has 3 amide bonds. The minimum atomic E-state index is -1.32. The number of hydrogen-bond donors (Lipinski definition) is 4. The van der Waals surface area contributed by atoms with E-state index in [4.69, 9.17) is 4.74 Å². The first-order valence-corrected chi connectivity index (χ1v) is 12.7. The summed E-state index contributed by atoms with van der Waals surface area (Å²) in [6.45, 7) is 11.4. The van der Waals surface area contributed by atoms with E-state index in [-0.39, 0.29) is 25.0 Å². The molecule has 1 aliphatic heterocycles. The molecule has 198 valence electrons. The van der Waals surface area contributed by atoms with Crippen LogP contribution in [-0.4, -0.2) is 75.4 Å². The van der Waals surface area contributed by atoms with Crippen molar-refractivity contribution in [3.05, 3.63) is 0 Å². The molecule has 0 aromatic rings. The Morgan fingerprint density at radius 2 is 1.71 bits per heavy atom. The number of aliphatic hydroxyl groups is 1. The summed E-state index contributed by atoms with van der Waals surface area (Å²) in [6.07, 6.45) is 0.678. The molecule has 10 nitrogen and oxygen atoms in total. The number of carbonyl (C=O) groups excluding carboxylic acids is 3. The predicted molar refractivity (Wildman–Crippen MR) is 127 cm³/mol. The van der Waals surface area contributed by atoms with Gasteiger partial charge in [0.05, 0.1) is 6.10 Å². The molecule has 4 N–H and O–H groups in total. The van der Waals surface area contributed by atoms with Gasteiger partial charge in [-0.1, -0.05) is 48.0 Å². The molecule has 2 saturated carbocycles. The zero-order chi connectivity index (χ0) is 26.3. The van der Waals surface area contributed by atoms with Crippen LogP contribution >= 0.6 is 0 Å². The van der Waals surface area contributed by atoms with E-state index in [0.29, 0.717) is 24.7 Å². The van der Waals surface area contributed by atoms with Crippen molar-refractivity contribution in [1.82, 2.24) is 15.5 Å². The van der Waals surface area contributed by atoms with Gasteiger partial charge in [-0.15, -0.1) is 0 Å². The summed E-state index contributed by atoms with van der Waals surface area (Å²) in [7, 11) is 0. The molecule has 1 heterocycles. The molecule has 0 radical (unpaired) electrons. The lowest BCUT2D eigenvalue weighted by molar-refractivity contribution is -0.146. The normalized spacial score (nSPS) is 35.3. The first-order chi connectivity index (χ1) is 16.2. The van der Waals surface area contributed by atoms with Crippen molar-refractivity contribution in [3.8, 4) is 0 Å². The molecular formula is C25H41N3O7. The Balaban J connectivity index is 1.72. The summed E-state index contributed by atoms with van der Waals surface area (Å²) in [5.41, 5.74) is -2.03. The first-order valence-electron chi connectivity index (χ1n) is 12.7. The minimum absolute atomic E-state index is 0.00320. The van der Waals surface area contributed by atoms with Crippen LogP contribution in [0.25, 0.3) is 0 Å². The maximum Gasteiger partial charge on any atom is 0.408 e. The average molecular weight is 496 g/mol. The standard InChI is InChI=1S/C25H41N3O7/c1-7-15-11-25(15,22(32)33)27-20(30)18-10-16(29)12-28(18)21(31)19(24(4,5)6)26-23(34)35-17-8-13(2)14(3)9-17/h13-19,29H,7-12H2,1-6H3,(H,26,34)(H,27,30)(H,32,33)/t13-,14+,15-,16-,17+,18+,19-,25-/m1/s1. The maximum absolute atomic E-state index is 13.6. The number of rotatable bonds is 7. The Morgan fingerprint density at radius 3 is 2.20 bits per heavy atom. The summed E-state index contributed by atoms with van der Waals surface area (Å²) in [4.78, 5) is 52.5. The van der Waals surface area contributed by atoms with Gasteiger partial charge in [0, 0.05) is 13.0 Å². The molecular weight excluding hydrogens is 454 g/mol. The second kappa shape index (κ2) is 9.95. The number of alkyl carbamates (subject to hydrolysis) is 1. The van der Waals surface area contributed by atoms with Crippen LogP contribution in [0.1, 0.15) is 73.6 Å². The van der Waals surface area contributed by atoms with Crippen molar-refractivity contribution in [2.45, 2.75) is 103 Å². The van der Waals surface area contributed by atoms with Crippen molar-refractivity contribution < 1.29 is 34.1 Å². The fourth-order valence-electron chi connectivity index (χ4n) is 5.50. The van der Waals surface area contributed by atoms with Crippen LogP contribution in [0.2, 0.25) is 0 Å². The number of nitrogens with one attached hydrogen (secondary N) is 2. The number of β-amino-alcohol motifs (C(OH)–C–C–N with tert-alkyl or cyclic N) is 1. The quantitative estimate of drug-likeness (QED) is 0.422. The zero-order valence-corrected chi connectivity index (χ0v) is 21.7. The van der Waals surface area contributed by atoms with E-state index >= 15 is 0 Å². The molecule has 10 heteroatoms. The molecule has 0 aromatic heterocycles. The van der Waals surface area contributed by atoms with E-state index in [0.717, 1.165) is 12.8 Å². The summed E-state index contributed by atoms with van der Waals surface area (Å²) in [6, 6.07) is -2.02. The van der Waals surface area contributed by atoms with Crippen molar-refractivity contribution >= 4 is 23.9 Å². The molecule has 8 atom stereocenters. The monoisotopic (exact) mass is 495 g/mol. The van der Waals surface area contributed by atoms with Crippen LogP contribution < -0.4 is 10.6 Å². The second-order valence-corrected chi connectivity index (χ2v) is 11.9. The maximum atomic E-state index is 13.6. The summed E-state index contributed by atoms with van der Waals surface area (Å²) >= 11 is 0. The molecule has 0 aromatic carbocycles. The molecule has 35 heavy (non-hydrogen) atoms. The number of carboxylic acid groups (broad SMARTS) is 1. The van der Waals surface area contributed by atoms with E-state index in [2.05, 4.69) is 24.5 Å². The molecule has 0 bridgehead atoms. The summed E-state index contributed by atoms with van der Waals surface area (Å²) < 4.78 is 5.60. The van der Waals surface area contributed by atoms with Gasteiger partial charge in [-0.25, -0.2) is 9.59 Å². The Bertz CT molecular complexity index is 846. The second-order valence-electron chi connectivity index (χ2n) is 11.9. The Kier molecular flexibility index (Phi) is 7.74. The van der Waals surface area contributed by atoms with Gasteiger partial charge in [0.1, 0.15) is 23.7 Å². The van der Waals surface area contributed by atoms with E-state index in [1.807, 2.05) is 6.92 Å². The Morgan fingerprint density at radius 1 is 1.11 bits per heavy atom. The van der Waals surface area contributed by atoms with Crippen LogP contribution in [0.5, 0.6) is 0 Å². The number of likely N-dealkylation sites (tertiary alicyclic amines) is 1. The third-order valence-electron chi connectivity index (χ3n) is 8.08. The molecule has 3 rings (SSSR count). The SMILES string of the molecule is CC[C@@H]1C[C@]1(NC(=O)[C@@H]1C[C@@H](O)CN1C(=O)[C@@H](NC(=O)O[C@H]1C[C@@H](C)[C@@H](C)C1)C(C)(C)C)C(=O)O. The summed E-state index contributed by atoms with van der Waals surface area (Å²) in [5, 5.41) is 25.3. The molecule has 0 spiro atoms. The number of ether oxygens (including phenoxy) is 1. The van der Waals surface area contributed by atoms with Crippen molar-refractivity contribution in [3.63, 3.8) is 0 Å². The highest BCUT2D eigenvalue weighted by Gasteiger charge is 2.61. The largest absolute Gasteiger partial charge is 0.479 e. The highest BCUT2D eigenvalue weighted by Crippen LogP contribution is 2.46. The molecule has 3 fully saturated rings. The lowest BCUT2D eigenvalue weighted by Crippen LogP contribution is -2.59. The third kappa shape index (κ3) is 5.73. The lowest BCUT2D eigenvalue weighted by Gasteiger charge is -2.35. The third-order valence-corrected chi connectivity index (χ3v) is 8.08. The van der Waals surface area contributed by atoms with Crippen molar-refractivity contribution in [1.29, 1.82) is 0 Å². The molecule has 0 unspecified atom stereocenters. The smallest absolute Gasteiger partial charge is 0.408 e. The van der Waals surface area contributed by atoms with Crippen LogP contribution in [0.4, 0.5) is 4.79 Å². The number of nitrogens with zero attached hydrogens (tertiary/aromatic N) is 1. The van der Waals surface area contributed by atoms with Crippen LogP contribution in [0, 0.1) is 23.2 Å². The Hall–Kier alpha value is -2.36. The molecule has 2 aliphatic carbocycles. The Labute approximate surface area is 207 Å². The summed E-state index contributed by atoms with van der Waals surface area (Å²) in [5.74, 6) is -1.47. The van der Waals surface area contributed by atoms with Crippen LogP contribution in [-0.2, 0) is 19.1 Å². The fraction of sp³-hybridized carbons (Fsp3) is 0.840. The molecule has 3 aliphatic rings. The highest BCUT2D eigenvalue weighted by molar-refractivity contribution is 5.96. The number of aliphatic hydroxyl groups excluding tert-OH is 1. The van der Waals surface area contributed by atoms with Gasteiger partial charge in [0.2, 0.25) is 11.8 Å². The first kappa shape index (κ1) is 27.2. The number of hydrogen-bond acceptors (Lipinski definition) is 6. The van der Waals surface area contributed by atoms with E-state index in [9.17, 15) is 29.4 Å². The van der Waals surface area contributed by atoms with Crippen LogP contribution in [0.3, 0.4) is 0 Å². The van der Waals surface area contributed by atoms with Crippen molar-refractivity contribution in [2.75, 3.05) is 6.54 Å². The van der Waals surface area contributed by atoms with Gasteiger partial charge in [-0.3, -0.25) is 9.59 Å². The number of carboxylic acids is 1. The predicted octanol–water partition coefficient (Wildman–Crippen LogP) is 1.89. The average Bonchev–Trinajstić information content (AvgIpc) is 3.18. The highest BCUT2D eigenvalue weighted by atomic mass is 16.6. The van der Waals surface area contributed by atoms with Gasteiger partial charge < -0.3 is 30.5 Å². The van der Waals surface area contributed by atoms with Crippen molar-refractivity contribution in [2.24, 2.45) is 23.2 Å². The zero-order valence-electron chi connectivity index (χ0n) is 21.7. The van der Waals surface area contributed by atoms with Gasteiger partial charge in [0.15, 0.2) is 0 Å². The van der Waals surface area contributed by atoms with Gasteiger partial charge in [0.25, 0.3) is 0 Å². The lowest BCUT2D eigenvalue weighted by atomic mass is 9.85. The van der Waals surface area contributed by atoms with Gasteiger partial charge >= 0.3 is 12.1 Å². The number of amides is 3. The van der Waals surface area contributed by atoms with Gasteiger partial charge in [-0.2, -0.15) is 0 Å². The minimum Gasteiger partial charge on any atom is -0.479 e. The van der Waals surface area contributed by atoms with Gasteiger partial charge in [-0.05, 0) is 42.4 Å².